The van der Waals surface area contributed by atoms with E-state index in [0.29, 0.717) is 11.6 Å². The van der Waals surface area contributed by atoms with Crippen LogP contribution in [-0.2, 0) is 6.54 Å². The van der Waals surface area contributed by atoms with Gasteiger partial charge in [-0.2, -0.15) is 0 Å². The Labute approximate surface area is 173 Å². The van der Waals surface area contributed by atoms with Crippen molar-refractivity contribution < 1.29 is 4.74 Å². The molecule has 0 aliphatic carbocycles. The maximum Gasteiger partial charge on any atom is 0.137 e. The first kappa shape index (κ1) is 22.9. The average Bonchev–Trinajstić information content (AvgIpc) is 2.58. The highest BCUT2D eigenvalue weighted by Crippen LogP contribution is 2.23. The van der Waals surface area contributed by atoms with Gasteiger partial charge in [-0.1, -0.05) is 35.9 Å². The van der Waals surface area contributed by atoms with Crippen LogP contribution >= 0.6 is 36.4 Å². The van der Waals surface area contributed by atoms with Gasteiger partial charge in [0.1, 0.15) is 12.4 Å². The number of rotatable bonds is 6. The van der Waals surface area contributed by atoms with Gasteiger partial charge in [0.05, 0.1) is 5.02 Å². The summed E-state index contributed by atoms with van der Waals surface area (Å²) in [5, 5.41) is 0.671. The van der Waals surface area contributed by atoms with Gasteiger partial charge >= 0.3 is 0 Å². The summed E-state index contributed by atoms with van der Waals surface area (Å²) in [5.74, 6) is 0.763. The molecule has 26 heavy (non-hydrogen) atoms. The smallest absolute Gasteiger partial charge is 0.137 e. The van der Waals surface area contributed by atoms with Gasteiger partial charge in [0.25, 0.3) is 0 Å². The van der Waals surface area contributed by atoms with Crippen molar-refractivity contribution in [3.63, 3.8) is 0 Å². The third kappa shape index (κ3) is 6.86. The summed E-state index contributed by atoms with van der Waals surface area (Å²) >= 11 is 6.10. The van der Waals surface area contributed by atoms with Crippen LogP contribution in [0.25, 0.3) is 0 Å². The van der Waals surface area contributed by atoms with E-state index in [1.165, 1.54) is 5.56 Å². The van der Waals surface area contributed by atoms with E-state index < -0.39 is 0 Å². The fourth-order valence-electron chi connectivity index (χ4n) is 2.97. The minimum Gasteiger partial charge on any atom is -0.491 e. The zero-order valence-electron chi connectivity index (χ0n) is 14.6. The van der Waals surface area contributed by atoms with Crippen LogP contribution in [0.5, 0.6) is 5.75 Å². The molecule has 0 atom stereocenters. The van der Waals surface area contributed by atoms with E-state index in [1.54, 1.807) is 0 Å². The van der Waals surface area contributed by atoms with Gasteiger partial charge in [-0.15, -0.1) is 24.8 Å². The molecule has 0 saturated carbocycles. The number of ether oxygens (including phenoxy) is 1. The second-order valence-corrected chi connectivity index (χ2v) is 6.55. The molecule has 1 fully saturated rings. The maximum atomic E-state index is 6.10. The fourth-order valence-corrected chi connectivity index (χ4v) is 3.16. The molecule has 2 aromatic rings. The summed E-state index contributed by atoms with van der Waals surface area (Å²) in [6.07, 6.45) is 0. The zero-order chi connectivity index (χ0) is 16.8. The first-order chi connectivity index (χ1) is 11.7. The lowest BCUT2D eigenvalue weighted by molar-refractivity contribution is 0.112. The van der Waals surface area contributed by atoms with Crippen molar-refractivity contribution in [1.29, 1.82) is 0 Å². The molecule has 2 aromatic carbocycles. The molecule has 0 aromatic heterocycles. The second kappa shape index (κ2) is 11.5. The van der Waals surface area contributed by atoms with Gasteiger partial charge in [-0.05, 0) is 29.8 Å². The predicted molar refractivity (Wildman–Crippen MR) is 114 cm³/mol. The molecular formula is C19H26Cl3N3O. The number of nitrogens with zero attached hydrogens (tertiary/aromatic N) is 2. The average molecular weight is 419 g/mol. The minimum absolute atomic E-state index is 0. The first-order valence-electron chi connectivity index (χ1n) is 8.37. The van der Waals surface area contributed by atoms with Crippen molar-refractivity contribution in [3.8, 4) is 5.75 Å². The Morgan fingerprint density at radius 1 is 0.923 bits per heavy atom. The van der Waals surface area contributed by atoms with E-state index in [0.717, 1.165) is 50.7 Å². The molecule has 3 rings (SSSR count). The van der Waals surface area contributed by atoms with Crippen LogP contribution in [0.1, 0.15) is 5.56 Å². The number of para-hydroxylation sites is 1. The predicted octanol–water partition coefficient (Wildman–Crippen LogP) is 3.96. The number of nitrogen functional groups attached to an aromatic ring is 1. The number of piperazine rings is 1. The molecular weight excluding hydrogens is 393 g/mol. The molecule has 0 unspecified atom stereocenters. The zero-order valence-corrected chi connectivity index (χ0v) is 17.0. The van der Waals surface area contributed by atoms with Gasteiger partial charge < -0.3 is 10.5 Å². The maximum absolute atomic E-state index is 6.10. The Hall–Kier alpha value is -1.17. The molecule has 2 N–H and O–H groups in total. The largest absolute Gasteiger partial charge is 0.491 e. The molecule has 1 aliphatic heterocycles. The Kier molecular flexibility index (Phi) is 10.1. The van der Waals surface area contributed by atoms with E-state index in [2.05, 4.69) is 21.9 Å². The van der Waals surface area contributed by atoms with Crippen molar-refractivity contribution in [3.05, 3.63) is 59.1 Å². The topological polar surface area (TPSA) is 41.7 Å². The molecule has 0 radical (unpaired) electrons. The lowest BCUT2D eigenvalue weighted by atomic mass is 10.2. The fraction of sp³-hybridized carbons (Fsp3) is 0.368. The monoisotopic (exact) mass is 417 g/mol. The van der Waals surface area contributed by atoms with Crippen molar-refractivity contribution >= 4 is 42.1 Å². The molecule has 1 aliphatic rings. The van der Waals surface area contributed by atoms with E-state index in [4.69, 9.17) is 22.1 Å². The lowest BCUT2D eigenvalue weighted by Crippen LogP contribution is -2.47. The molecule has 144 valence electrons. The summed E-state index contributed by atoms with van der Waals surface area (Å²) < 4.78 is 5.77. The van der Waals surface area contributed by atoms with Crippen molar-refractivity contribution in [2.75, 3.05) is 45.1 Å². The minimum atomic E-state index is 0. The number of anilines is 1. The number of hydrogen-bond donors (Lipinski definition) is 1. The van der Waals surface area contributed by atoms with Crippen LogP contribution < -0.4 is 10.5 Å². The first-order valence-corrected chi connectivity index (χ1v) is 8.75. The molecule has 1 saturated heterocycles. The van der Waals surface area contributed by atoms with E-state index in [9.17, 15) is 0 Å². The van der Waals surface area contributed by atoms with Crippen LogP contribution in [0.3, 0.4) is 0 Å². The highest BCUT2D eigenvalue weighted by Gasteiger charge is 2.17. The number of benzene rings is 2. The standard InChI is InChI=1S/C19H24ClN3O.2ClH/c20-18-6-1-2-7-19(18)24-13-12-22-8-10-23(11-9-22)15-16-4-3-5-17(21)14-16;;/h1-7,14H,8-13,15,21H2;2*1H. The van der Waals surface area contributed by atoms with Gasteiger partial charge in [0, 0.05) is 45.0 Å². The SMILES string of the molecule is Cl.Cl.Nc1cccc(CN2CCN(CCOc3ccccc3Cl)CC2)c1. The van der Waals surface area contributed by atoms with Crippen molar-refractivity contribution in [2.45, 2.75) is 6.54 Å². The third-order valence-electron chi connectivity index (χ3n) is 4.32. The second-order valence-electron chi connectivity index (χ2n) is 6.14. The third-order valence-corrected chi connectivity index (χ3v) is 4.64. The summed E-state index contributed by atoms with van der Waals surface area (Å²) in [5.41, 5.74) is 7.97. The van der Waals surface area contributed by atoms with E-state index in [-0.39, 0.29) is 24.8 Å². The summed E-state index contributed by atoms with van der Waals surface area (Å²) in [4.78, 5) is 4.91. The number of nitrogens with two attached hydrogens (primary N) is 1. The quantitative estimate of drug-likeness (QED) is 0.721. The van der Waals surface area contributed by atoms with E-state index >= 15 is 0 Å². The van der Waals surface area contributed by atoms with Gasteiger partial charge in [-0.25, -0.2) is 0 Å². The van der Waals surface area contributed by atoms with Crippen molar-refractivity contribution in [2.24, 2.45) is 0 Å². The molecule has 7 heteroatoms. The molecule has 0 spiro atoms. The molecule has 1 heterocycles. The molecule has 0 amide bonds. The van der Waals surface area contributed by atoms with Gasteiger partial charge in [-0.3, -0.25) is 9.80 Å². The molecule has 0 bridgehead atoms. The number of halogens is 3. The van der Waals surface area contributed by atoms with Crippen LogP contribution in [-0.4, -0.2) is 49.1 Å². The van der Waals surface area contributed by atoms with Gasteiger partial charge in [0.15, 0.2) is 0 Å². The van der Waals surface area contributed by atoms with Crippen LogP contribution in [0, 0.1) is 0 Å². The highest BCUT2D eigenvalue weighted by molar-refractivity contribution is 6.32. The van der Waals surface area contributed by atoms with Crippen LogP contribution in [0.2, 0.25) is 5.02 Å². The Morgan fingerprint density at radius 2 is 1.62 bits per heavy atom. The van der Waals surface area contributed by atoms with Crippen LogP contribution in [0.4, 0.5) is 5.69 Å². The van der Waals surface area contributed by atoms with Crippen molar-refractivity contribution in [1.82, 2.24) is 9.80 Å². The van der Waals surface area contributed by atoms with Gasteiger partial charge in [0.2, 0.25) is 0 Å². The lowest BCUT2D eigenvalue weighted by Gasteiger charge is -2.34. The van der Waals surface area contributed by atoms with Crippen LogP contribution in [0.15, 0.2) is 48.5 Å². The number of hydrogen-bond acceptors (Lipinski definition) is 4. The molecule has 4 nitrogen and oxygen atoms in total. The summed E-state index contributed by atoms with van der Waals surface area (Å²) in [6.45, 7) is 6.83. The Balaban J connectivity index is 0.00000169. The normalized spacial score (nSPS) is 15.0. The Morgan fingerprint density at radius 3 is 2.31 bits per heavy atom. The summed E-state index contributed by atoms with van der Waals surface area (Å²) in [7, 11) is 0. The highest BCUT2D eigenvalue weighted by atomic mass is 35.5. The summed E-state index contributed by atoms with van der Waals surface area (Å²) in [6, 6.07) is 15.8. The van der Waals surface area contributed by atoms with E-state index in [1.807, 2.05) is 36.4 Å². The Bertz CT molecular complexity index is 664.